The quantitative estimate of drug-likeness (QED) is 0.734. The van der Waals surface area contributed by atoms with Crippen molar-refractivity contribution in [2.24, 2.45) is 11.7 Å². The first kappa shape index (κ1) is 12.0. The summed E-state index contributed by atoms with van der Waals surface area (Å²) in [4.78, 5) is 0. The van der Waals surface area contributed by atoms with Gasteiger partial charge in [0.05, 0.1) is 6.61 Å². The molecule has 1 aliphatic rings. The van der Waals surface area contributed by atoms with Gasteiger partial charge in [0.1, 0.15) is 0 Å². The summed E-state index contributed by atoms with van der Waals surface area (Å²) in [5, 5.41) is 0. The van der Waals surface area contributed by atoms with Crippen LogP contribution in [-0.2, 0) is 9.47 Å². The van der Waals surface area contributed by atoms with Crippen molar-refractivity contribution in [1.82, 2.24) is 0 Å². The summed E-state index contributed by atoms with van der Waals surface area (Å²) < 4.78 is 10.7. The fourth-order valence-electron chi connectivity index (χ4n) is 2.00. The molecule has 0 aromatic carbocycles. The summed E-state index contributed by atoms with van der Waals surface area (Å²) in [7, 11) is 0. The molecule has 0 radical (unpaired) electrons. The van der Waals surface area contributed by atoms with Crippen molar-refractivity contribution in [3.63, 3.8) is 0 Å². The number of rotatable bonds is 5. The van der Waals surface area contributed by atoms with E-state index in [2.05, 4.69) is 6.92 Å². The molecule has 1 heterocycles. The lowest BCUT2D eigenvalue weighted by Gasteiger charge is -2.31. The van der Waals surface area contributed by atoms with Gasteiger partial charge in [0, 0.05) is 25.4 Å². The highest BCUT2D eigenvalue weighted by atomic mass is 16.5. The van der Waals surface area contributed by atoms with Crippen LogP contribution in [0.25, 0.3) is 0 Å². The Morgan fingerprint density at radius 3 is 2.64 bits per heavy atom. The Bertz CT molecular complexity index is 153. The van der Waals surface area contributed by atoms with Gasteiger partial charge in [-0.1, -0.05) is 0 Å². The SMILES string of the molecule is CCOCC(C)(N)CC1CCOCC1. The highest BCUT2D eigenvalue weighted by molar-refractivity contribution is 4.82. The van der Waals surface area contributed by atoms with Crippen LogP contribution in [0.3, 0.4) is 0 Å². The van der Waals surface area contributed by atoms with Crippen molar-refractivity contribution in [1.29, 1.82) is 0 Å². The molecule has 0 saturated carbocycles. The highest BCUT2D eigenvalue weighted by Crippen LogP contribution is 2.24. The standard InChI is InChI=1S/C11H23NO2/c1-3-13-9-11(2,12)8-10-4-6-14-7-5-10/h10H,3-9,12H2,1-2H3. The topological polar surface area (TPSA) is 44.5 Å². The molecule has 3 nitrogen and oxygen atoms in total. The average molecular weight is 201 g/mol. The Kier molecular flexibility index (Phi) is 4.85. The molecule has 1 fully saturated rings. The van der Waals surface area contributed by atoms with Gasteiger partial charge in [-0.05, 0) is 39.0 Å². The van der Waals surface area contributed by atoms with E-state index in [1.807, 2.05) is 6.92 Å². The normalized spacial score (nSPS) is 23.4. The fourth-order valence-corrected chi connectivity index (χ4v) is 2.00. The minimum absolute atomic E-state index is 0.169. The van der Waals surface area contributed by atoms with Crippen LogP contribution in [-0.4, -0.2) is 32.0 Å². The van der Waals surface area contributed by atoms with Gasteiger partial charge in [0.25, 0.3) is 0 Å². The van der Waals surface area contributed by atoms with E-state index in [9.17, 15) is 0 Å². The summed E-state index contributed by atoms with van der Waals surface area (Å²) in [6.45, 7) is 7.30. The Morgan fingerprint density at radius 1 is 1.43 bits per heavy atom. The first-order valence-electron chi connectivity index (χ1n) is 5.58. The molecule has 1 unspecified atom stereocenters. The molecule has 2 N–H and O–H groups in total. The van der Waals surface area contributed by atoms with Crippen LogP contribution in [0, 0.1) is 5.92 Å². The number of hydrogen-bond donors (Lipinski definition) is 1. The maximum absolute atomic E-state index is 6.17. The first-order valence-corrected chi connectivity index (χ1v) is 5.58. The van der Waals surface area contributed by atoms with Crippen LogP contribution in [0.5, 0.6) is 0 Å². The van der Waals surface area contributed by atoms with Gasteiger partial charge in [-0.15, -0.1) is 0 Å². The van der Waals surface area contributed by atoms with E-state index >= 15 is 0 Å². The van der Waals surface area contributed by atoms with Gasteiger partial charge >= 0.3 is 0 Å². The first-order chi connectivity index (χ1) is 6.64. The largest absolute Gasteiger partial charge is 0.381 e. The minimum atomic E-state index is -0.169. The van der Waals surface area contributed by atoms with Crippen LogP contribution in [0.2, 0.25) is 0 Å². The van der Waals surface area contributed by atoms with Crippen molar-refractivity contribution in [3.8, 4) is 0 Å². The van der Waals surface area contributed by atoms with E-state index < -0.39 is 0 Å². The second-order valence-corrected chi connectivity index (χ2v) is 4.55. The molecule has 1 rings (SSSR count). The molecule has 1 saturated heterocycles. The molecular formula is C11H23NO2. The van der Waals surface area contributed by atoms with E-state index in [-0.39, 0.29) is 5.54 Å². The lowest BCUT2D eigenvalue weighted by molar-refractivity contribution is 0.0416. The van der Waals surface area contributed by atoms with E-state index in [1.54, 1.807) is 0 Å². The van der Waals surface area contributed by atoms with Crippen LogP contribution < -0.4 is 5.73 Å². The number of hydrogen-bond acceptors (Lipinski definition) is 3. The molecular weight excluding hydrogens is 178 g/mol. The summed E-state index contributed by atoms with van der Waals surface area (Å²) in [6, 6.07) is 0. The smallest absolute Gasteiger partial charge is 0.0643 e. The maximum atomic E-state index is 6.17. The van der Waals surface area contributed by atoms with Crippen LogP contribution in [0.4, 0.5) is 0 Å². The van der Waals surface area contributed by atoms with Gasteiger partial charge in [0.2, 0.25) is 0 Å². The molecule has 1 atom stereocenters. The fraction of sp³-hybridized carbons (Fsp3) is 1.00. The van der Waals surface area contributed by atoms with E-state index in [0.29, 0.717) is 6.61 Å². The summed E-state index contributed by atoms with van der Waals surface area (Å²) >= 11 is 0. The molecule has 3 heteroatoms. The number of ether oxygens (including phenoxy) is 2. The summed E-state index contributed by atoms with van der Waals surface area (Å²) in [6.07, 6.45) is 3.36. The predicted molar refractivity (Wildman–Crippen MR) is 57.2 cm³/mol. The van der Waals surface area contributed by atoms with Crippen LogP contribution in [0.15, 0.2) is 0 Å². The Balaban J connectivity index is 2.25. The Hall–Kier alpha value is -0.120. The molecule has 0 aromatic rings. The zero-order valence-corrected chi connectivity index (χ0v) is 9.42. The third-order valence-corrected chi connectivity index (χ3v) is 2.73. The lowest BCUT2D eigenvalue weighted by Crippen LogP contribution is -2.43. The summed E-state index contributed by atoms with van der Waals surface area (Å²) in [5.74, 6) is 0.721. The molecule has 84 valence electrons. The Morgan fingerprint density at radius 2 is 2.07 bits per heavy atom. The van der Waals surface area contributed by atoms with Gasteiger partial charge in [-0.3, -0.25) is 0 Å². The second kappa shape index (κ2) is 5.69. The average Bonchev–Trinajstić information content (AvgIpc) is 2.16. The molecule has 0 amide bonds. The molecule has 0 bridgehead atoms. The van der Waals surface area contributed by atoms with E-state index in [1.165, 1.54) is 0 Å². The van der Waals surface area contributed by atoms with Crippen molar-refractivity contribution >= 4 is 0 Å². The predicted octanol–water partition coefficient (Wildman–Crippen LogP) is 1.56. The zero-order chi connectivity index (χ0) is 10.4. The van der Waals surface area contributed by atoms with Gasteiger partial charge in [-0.2, -0.15) is 0 Å². The minimum Gasteiger partial charge on any atom is -0.381 e. The molecule has 0 aromatic heterocycles. The van der Waals surface area contributed by atoms with Gasteiger partial charge < -0.3 is 15.2 Å². The molecule has 0 aliphatic carbocycles. The van der Waals surface area contributed by atoms with E-state index in [0.717, 1.165) is 45.0 Å². The van der Waals surface area contributed by atoms with Crippen LogP contribution in [0.1, 0.15) is 33.1 Å². The molecule has 0 spiro atoms. The number of nitrogens with two attached hydrogens (primary N) is 1. The second-order valence-electron chi connectivity index (χ2n) is 4.55. The van der Waals surface area contributed by atoms with Crippen molar-refractivity contribution in [3.05, 3.63) is 0 Å². The van der Waals surface area contributed by atoms with Crippen molar-refractivity contribution in [2.75, 3.05) is 26.4 Å². The van der Waals surface area contributed by atoms with Crippen molar-refractivity contribution in [2.45, 2.75) is 38.6 Å². The van der Waals surface area contributed by atoms with Gasteiger partial charge in [0.15, 0.2) is 0 Å². The Labute approximate surface area is 86.9 Å². The monoisotopic (exact) mass is 201 g/mol. The third kappa shape index (κ3) is 4.40. The van der Waals surface area contributed by atoms with Crippen LogP contribution >= 0.6 is 0 Å². The lowest BCUT2D eigenvalue weighted by atomic mass is 9.86. The third-order valence-electron chi connectivity index (χ3n) is 2.73. The molecule has 14 heavy (non-hydrogen) atoms. The van der Waals surface area contributed by atoms with Gasteiger partial charge in [-0.25, -0.2) is 0 Å². The highest BCUT2D eigenvalue weighted by Gasteiger charge is 2.25. The summed E-state index contributed by atoms with van der Waals surface area (Å²) in [5.41, 5.74) is 6.00. The van der Waals surface area contributed by atoms with E-state index in [4.69, 9.17) is 15.2 Å². The zero-order valence-electron chi connectivity index (χ0n) is 9.42. The maximum Gasteiger partial charge on any atom is 0.0643 e. The molecule has 1 aliphatic heterocycles. The van der Waals surface area contributed by atoms with Crippen molar-refractivity contribution < 1.29 is 9.47 Å².